The van der Waals surface area contributed by atoms with Gasteiger partial charge in [-0.05, 0) is 49.7 Å². The molecule has 5 nitrogen and oxygen atoms in total. The van der Waals surface area contributed by atoms with Crippen molar-refractivity contribution in [2.75, 3.05) is 25.1 Å². The molecule has 6 heteroatoms. The first-order valence-corrected chi connectivity index (χ1v) is 8.45. The normalized spacial score (nSPS) is 17.4. The maximum absolute atomic E-state index is 13.4. The first-order valence-electron chi connectivity index (χ1n) is 8.45. The van der Waals surface area contributed by atoms with Gasteiger partial charge in [-0.2, -0.15) is 0 Å². The molecule has 0 saturated carbocycles. The van der Waals surface area contributed by atoms with E-state index in [0.717, 1.165) is 5.56 Å². The molecule has 0 bridgehead atoms. The Hall–Kier alpha value is -2.89. The molecule has 0 unspecified atom stereocenters. The highest BCUT2D eigenvalue weighted by Gasteiger charge is 2.36. The predicted octanol–water partition coefficient (Wildman–Crippen LogP) is 3.02. The standard InChI is InChI=1S/C20H21FN2O3/c1-13-7-8-18(26-3)17(11-13)23-10-9-22(14(2)19(23)24)20(25)15-5-4-6-16(21)12-15/h4-8,11-12,14H,9-10H2,1-3H3/t14-/m1/s1. The number of benzene rings is 2. The molecule has 0 aliphatic carbocycles. The van der Waals surface area contributed by atoms with Crippen LogP contribution in [-0.2, 0) is 4.79 Å². The van der Waals surface area contributed by atoms with E-state index in [-0.39, 0.29) is 17.4 Å². The molecule has 0 spiro atoms. The first-order chi connectivity index (χ1) is 12.4. The topological polar surface area (TPSA) is 49.9 Å². The molecule has 0 radical (unpaired) electrons. The maximum Gasteiger partial charge on any atom is 0.254 e. The third kappa shape index (κ3) is 3.27. The number of hydrogen-bond acceptors (Lipinski definition) is 3. The zero-order valence-electron chi connectivity index (χ0n) is 15.0. The van der Waals surface area contributed by atoms with Crippen LogP contribution in [0, 0.1) is 12.7 Å². The van der Waals surface area contributed by atoms with E-state index in [4.69, 9.17) is 4.74 Å². The fourth-order valence-electron chi connectivity index (χ4n) is 3.19. The van der Waals surface area contributed by atoms with Crippen molar-refractivity contribution >= 4 is 17.5 Å². The van der Waals surface area contributed by atoms with Crippen LogP contribution in [0.4, 0.5) is 10.1 Å². The molecular weight excluding hydrogens is 335 g/mol. The largest absolute Gasteiger partial charge is 0.495 e. The summed E-state index contributed by atoms with van der Waals surface area (Å²) in [5.74, 6) is -0.398. The molecular formula is C20H21FN2O3. The van der Waals surface area contributed by atoms with E-state index in [2.05, 4.69) is 0 Å². The molecule has 1 aliphatic rings. The molecule has 0 aromatic heterocycles. The number of carbonyl (C=O) groups is 2. The van der Waals surface area contributed by atoms with Crippen LogP contribution in [0.25, 0.3) is 0 Å². The number of rotatable bonds is 3. The van der Waals surface area contributed by atoms with Crippen molar-refractivity contribution in [3.8, 4) is 5.75 Å². The number of ether oxygens (including phenoxy) is 1. The van der Waals surface area contributed by atoms with Crippen molar-refractivity contribution in [3.63, 3.8) is 0 Å². The number of piperazine rings is 1. The Morgan fingerprint density at radius 3 is 2.65 bits per heavy atom. The molecule has 3 rings (SSSR count). The monoisotopic (exact) mass is 356 g/mol. The summed E-state index contributed by atoms with van der Waals surface area (Å²) in [6.07, 6.45) is 0. The number of hydrogen-bond donors (Lipinski definition) is 0. The minimum Gasteiger partial charge on any atom is -0.495 e. The average Bonchev–Trinajstić information content (AvgIpc) is 2.63. The Labute approximate surface area is 152 Å². The Morgan fingerprint density at radius 1 is 1.19 bits per heavy atom. The Kier molecular flexibility index (Phi) is 4.93. The third-order valence-electron chi connectivity index (χ3n) is 4.61. The van der Waals surface area contributed by atoms with Gasteiger partial charge in [-0.3, -0.25) is 9.59 Å². The molecule has 2 amide bonds. The van der Waals surface area contributed by atoms with E-state index in [1.165, 1.54) is 23.1 Å². The van der Waals surface area contributed by atoms with Crippen molar-refractivity contribution in [2.24, 2.45) is 0 Å². The number of anilines is 1. The summed E-state index contributed by atoms with van der Waals surface area (Å²) in [7, 11) is 1.56. The molecule has 1 aliphatic heterocycles. The van der Waals surface area contributed by atoms with Gasteiger partial charge in [0.05, 0.1) is 12.8 Å². The number of nitrogens with zero attached hydrogens (tertiary/aromatic N) is 2. The summed E-state index contributed by atoms with van der Waals surface area (Å²) in [6, 6.07) is 10.5. The number of carbonyl (C=O) groups excluding carboxylic acids is 2. The van der Waals surface area contributed by atoms with E-state index < -0.39 is 11.9 Å². The Balaban J connectivity index is 1.85. The van der Waals surface area contributed by atoms with Crippen LogP contribution < -0.4 is 9.64 Å². The van der Waals surface area contributed by atoms with Crippen molar-refractivity contribution in [2.45, 2.75) is 19.9 Å². The number of amides is 2. The van der Waals surface area contributed by atoms with Gasteiger partial charge in [0.25, 0.3) is 5.91 Å². The van der Waals surface area contributed by atoms with Crippen LogP contribution in [-0.4, -0.2) is 43.0 Å². The second-order valence-corrected chi connectivity index (χ2v) is 6.35. The van der Waals surface area contributed by atoms with Crippen LogP contribution in [0.2, 0.25) is 0 Å². The van der Waals surface area contributed by atoms with E-state index in [9.17, 15) is 14.0 Å². The summed E-state index contributed by atoms with van der Waals surface area (Å²) < 4.78 is 18.8. The lowest BCUT2D eigenvalue weighted by Crippen LogP contribution is -2.57. The van der Waals surface area contributed by atoms with E-state index in [1.807, 2.05) is 25.1 Å². The van der Waals surface area contributed by atoms with Crippen LogP contribution in [0.15, 0.2) is 42.5 Å². The summed E-state index contributed by atoms with van der Waals surface area (Å²) in [5, 5.41) is 0. The van der Waals surface area contributed by atoms with E-state index in [1.54, 1.807) is 25.0 Å². The second-order valence-electron chi connectivity index (χ2n) is 6.35. The first kappa shape index (κ1) is 17.9. The predicted molar refractivity (Wildman–Crippen MR) is 97.0 cm³/mol. The SMILES string of the molecule is COc1ccc(C)cc1N1CCN(C(=O)c2cccc(F)c2)[C@H](C)C1=O. The number of methoxy groups -OCH3 is 1. The molecule has 1 atom stereocenters. The van der Waals surface area contributed by atoms with Crippen molar-refractivity contribution in [1.29, 1.82) is 0 Å². The minimum atomic E-state index is -0.648. The lowest BCUT2D eigenvalue weighted by molar-refractivity contribution is -0.124. The third-order valence-corrected chi connectivity index (χ3v) is 4.61. The van der Waals surface area contributed by atoms with Gasteiger partial charge in [-0.15, -0.1) is 0 Å². The van der Waals surface area contributed by atoms with Gasteiger partial charge in [0.1, 0.15) is 17.6 Å². The summed E-state index contributed by atoms with van der Waals surface area (Å²) in [6.45, 7) is 4.35. The molecule has 136 valence electrons. The van der Waals surface area contributed by atoms with Crippen molar-refractivity contribution in [3.05, 3.63) is 59.4 Å². The zero-order chi connectivity index (χ0) is 18.8. The molecule has 1 fully saturated rings. The summed E-state index contributed by atoms with van der Waals surface area (Å²) in [4.78, 5) is 28.7. The average molecular weight is 356 g/mol. The highest BCUT2D eigenvalue weighted by atomic mass is 19.1. The zero-order valence-corrected chi connectivity index (χ0v) is 15.0. The fraction of sp³-hybridized carbons (Fsp3) is 0.300. The molecule has 2 aromatic carbocycles. The van der Waals surface area contributed by atoms with E-state index >= 15 is 0 Å². The van der Waals surface area contributed by atoms with Crippen LogP contribution in [0.1, 0.15) is 22.8 Å². The molecule has 1 saturated heterocycles. The Morgan fingerprint density at radius 2 is 1.96 bits per heavy atom. The minimum absolute atomic E-state index is 0.190. The quantitative estimate of drug-likeness (QED) is 0.849. The fourth-order valence-corrected chi connectivity index (χ4v) is 3.19. The number of halogens is 1. The Bertz CT molecular complexity index is 853. The maximum atomic E-state index is 13.4. The van der Waals surface area contributed by atoms with Crippen molar-refractivity contribution < 1.29 is 18.7 Å². The lowest BCUT2D eigenvalue weighted by atomic mass is 10.1. The van der Waals surface area contributed by atoms with Crippen LogP contribution in [0.3, 0.4) is 0 Å². The highest BCUT2D eigenvalue weighted by Crippen LogP contribution is 2.31. The number of aryl methyl sites for hydroxylation is 1. The molecule has 1 heterocycles. The highest BCUT2D eigenvalue weighted by molar-refractivity contribution is 6.04. The van der Waals surface area contributed by atoms with Crippen LogP contribution in [0.5, 0.6) is 5.75 Å². The molecule has 0 N–H and O–H groups in total. The van der Waals surface area contributed by atoms with Gasteiger partial charge in [-0.1, -0.05) is 12.1 Å². The molecule has 26 heavy (non-hydrogen) atoms. The van der Waals surface area contributed by atoms with Gasteiger partial charge in [0.2, 0.25) is 5.91 Å². The second kappa shape index (κ2) is 7.15. The van der Waals surface area contributed by atoms with E-state index in [0.29, 0.717) is 24.5 Å². The lowest BCUT2D eigenvalue weighted by Gasteiger charge is -2.39. The van der Waals surface area contributed by atoms with Gasteiger partial charge < -0.3 is 14.5 Å². The van der Waals surface area contributed by atoms with Crippen LogP contribution >= 0.6 is 0 Å². The van der Waals surface area contributed by atoms with Gasteiger partial charge in [-0.25, -0.2) is 4.39 Å². The van der Waals surface area contributed by atoms with Gasteiger partial charge >= 0.3 is 0 Å². The smallest absolute Gasteiger partial charge is 0.254 e. The summed E-state index contributed by atoms with van der Waals surface area (Å²) >= 11 is 0. The summed E-state index contributed by atoms with van der Waals surface area (Å²) in [5.41, 5.74) is 1.95. The van der Waals surface area contributed by atoms with Gasteiger partial charge in [0.15, 0.2) is 0 Å². The molecule has 2 aromatic rings. The van der Waals surface area contributed by atoms with Gasteiger partial charge in [0, 0.05) is 18.7 Å². The van der Waals surface area contributed by atoms with Crippen molar-refractivity contribution in [1.82, 2.24) is 4.90 Å².